The molecule has 28 heavy (non-hydrogen) atoms. The fraction of sp³-hybridized carbons (Fsp3) is 0.364. The summed E-state index contributed by atoms with van der Waals surface area (Å²) in [6, 6.07) is 12.1. The van der Waals surface area contributed by atoms with Gasteiger partial charge < -0.3 is 19.5 Å². The van der Waals surface area contributed by atoms with Gasteiger partial charge in [-0.1, -0.05) is 0 Å². The van der Waals surface area contributed by atoms with Crippen LogP contribution in [0, 0.1) is 0 Å². The van der Waals surface area contributed by atoms with Gasteiger partial charge in [-0.05, 0) is 56.3 Å². The highest BCUT2D eigenvalue weighted by Crippen LogP contribution is 2.29. The first kappa shape index (κ1) is 21.3. The molecule has 150 valence electrons. The number of amides is 1. The quantitative estimate of drug-likeness (QED) is 0.627. The van der Waals surface area contributed by atoms with E-state index in [0.717, 1.165) is 11.3 Å². The predicted octanol–water partition coefficient (Wildman–Crippen LogP) is 3.94. The van der Waals surface area contributed by atoms with Crippen molar-refractivity contribution in [3.63, 3.8) is 0 Å². The highest BCUT2D eigenvalue weighted by molar-refractivity contribution is 5.98. The number of benzene rings is 2. The average molecular weight is 385 g/mol. The van der Waals surface area contributed by atoms with Crippen LogP contribution in [0.15, 0.2) is 42.5 Å². The van der Waals surface area contributed by atoms with E-state index in [1.165, 1.54) is 0 Å². The molecule has 0 radical (unpaired) electrons. The first-order chi connectivity index (χ1) is 13.5. The SMILES string of the molecule is CCOc1ccc(C(=O)CCC(=O)N[C@H](C)c2cc(OC)ccc2OC)cc1. The van der Waals surface area contributed by atoms with E-state index in [4.69, 9.17) is 14.2 Å². The van der Waals surface area contributed by atoms with Crippen LogP contribution in [-0.2, 0) is 4.79 Å². The van der Waals surface area contributed by atoms with Gasteiger partial charge >= 0.3 is 0 Å². The van der Waals surface area contributed by atoms with Crippen molar-refractivity contribution in [2.75, 3.05) is 20.8 Å². The molecule has 0 bridgehead atoms. The second-order valence-electron chi connectivity index (χ2n) is 6.28. The van der Waals surface area contributed by atoms with Gasteiger partial charge in [0, 0.05) is 24.0 Å². The summed E-state index contributed by atoms with van der Waals surface area (Å²) in [6.07, 6.45) is 0.254. The van der Waals surface area contributed by atoms with Crippen molar-refractivity contribution >= 4 is 11.7 Å². The molecular weight excluding hydrogens is 358 g/mol. The lowest BCUT2D eigenvalue weighted by Gasteiger charge is -2.18. The maximum atomic E-state index is 12.3. The lowest BCUT2D eigenvalue weighted by atomic mass is 10.0. The molecule has 6 heteroatoms. The molecule has 0 saturated heterocycles. The number of hydrogen-bond acceptors (Lipinski definition) is 5. The number of ether oxygens (including phenoxy) is 3. The molecule has 0 fully saturated rings. The number of methoxy groups -OCH3 is 2. The third-order valence-electron chi connectivity index (χ3n) is 4.35. The zero-order valence-corrected chi connectivity index (χ0v) is 16.8. The van der Waals surface area contributed by atoms with Crippen LogP contribution in [0.5, 0.6) is 17.2 Å². The molecule has 2 aromatic carbocycles. The highest BCUT2D eigenvalue weighted by Gasteiger charge is 2.16. The van der Waals surface area contributed by atoms with E-state index in [9.17, 15) is 9.59 Å². The Morgan fingerprint density at radius 3 is 2.25 bits per heavy atom. The Bertz CT molecular complexity index is 801. The van der Waals surface area contributed by atoms with Crippen LogP contribution in [0.4, 0.5) is 0 Å². The van der Waals surface area contributed by atoms with Crippen molar-refractivity contribution in [2.24, 2.45) is 0 Å². The molecule has 0 aromatic heterocycles. The van der Waals surface area contributed by atoms with E-state index in [1.807, 2.05) is 19.9 Å². The van der Waals surface area contributed by atoms with E-state index in [0.29, 0.717) is 23.7 Å². The fourth-order valence-corrected chi connectivity index (χ4v) is 2.84. The van der Waals surface area contributed by atoms with E-state index in [2.05, 4.69) is 5.32 Å². The third-order valence-corrected chi connectivity index (χ3v) is 4.35. The van der Waals surface area contributed by atoms with Crippen LogP contribution in [0.3, 0.4) is 0 Å². The highest BCUT2D eigenvalue weighted by atomic mass is 16.5. The average Bonchev–Trinajstić information content (AvgIpc) is 2.72. The standard InChI is InChI=1S/C22H27NO5/c1-5-28-17-8-6-16(7-9-17)20(24)11-13-22(25)23-15(2)19-14-18(26-3)10-12-21(19)27-4/h6-10,12,14-15H,5,11,13H2,1-4H3,(H,23,25)/t15-/m1/s1. The normalized spacial score (nSPS) is 11.4. The molecule has 2 aromatic rings. The zero-order chi connectivity index (χ0) is 20.5. The summed E-state index contributed by atoms with van der Waals surface area (Å²) in [6.45, 7) is 4.34. The van der Waals surface area contributed by atoms with Gasteiger partial charge in [0.05, 0.1) is 26.9 Å². The molecule has 0 aliphatic carbocycles. The molecule has 1 amide bonds. The lowest BCUT2D eigenvalue weighted by molar-refractivity contribution is -0.121. The van der Waals surface area contributed by atoms with Crippen molar-refractivity contribution in [3.05, 3.63) is 53.6 Å². The molecule has 0 heterocycles. The molecule has 1 atom stereocenters. The van der Waals surface area contributed by atoms with Gasteiger partial charge in [0.1, 0.15) is 17.2 Å². The fourth-order valence-electron chi connectivity index (χ4n) is 2.84. The summed E-state index contributed by atoms with van der Waals surface area (Å²) >= 11 is 0. The van der Waals surface area contributed by atoms with Crippen molar-refractivity contribution in [2.45, 2.75) is 32.7 Å². The third kappa shape index (κ3) is 5.74. The largest absolute Gasteiger partial charge is 0.497 e. The Hall–Kier alpha value is -3.02. The van der Waals surface area contributed by atoms with Gasteiger partial charge in [-0.3, -0.25) is 9.59 Å². The number of hydrogen-bond donors (Lipinski definition) is 1. The van der Waals surface area contributed by atoms with Gasteiger partial charge in [0.2, 0.25) is 5.91 Å². The van der Waals surface area contributed by atoms with E-state index >= 15 is 0 Å². The minimum atomic E-state index is -0.280. The van der Waals surface area contributed by atoms with E-state index in [1.54, 1.807) is 50.6 Å². The Balaban J connectivity index is 1.92. The number of ketones is 1. The Labute approximate surface area is 165 Å². The van der Waals surface area contributed by atoms with Crippen molar-refractivity contribution in [3.8, 4) is 17.2 Å². The maximum Gasteiger partial charge on any atom is 0.220 e. The number of Topliss-reactive ketones (excluding diaryl/α,β-unsaturated/α-hetero) is 1. The number of carbonyl (C=O) groups is 2. The first-order valence-corrected chi connectivity index (χ1v) is 9.25. The zero-order valence-electron chi connectivity index (χ0n) is 16.8. The second-order valence-corrected chi connectivity index (χ2v) is 6.28. The van der Waals surface area contributed by atoms with Crippen molar-refractivity contribution < 1.29 is 23.8 Å². The molecule has 0 unspecified atom stereocenters. The monoisotopic (exact) mass is 385 g/mol. The molecule has 1 N–H and O–H groups in total. The molecular formula is C22H27NO5. The Kier molecular flexibility index (Phi) is 7.87. The van der Waals surface area contributed by atoms with Crippen LogP contribution in [-0.4, -0.2) is 32.5 Å². The number of nitrogens with one attached hydrogen (secondary N) is 1. The minimum Gasteiger partial charge on any atom is -0.497 e. The number of carbonyl (C=O) groups excluding carboxylic acids is 2. The number of rotatable bonds is 10. The molecule has 0 aliphatic heterocycles. The molecule has 0 saturated carbocycles. The maximum absolute atomic E-state index is 12.3. The van der Waals surface area contributed by atoms with Crippen LogP contribution >= 0.6 is 0 Å². The topological polar surface area (TPSA) is 73.9 Å². The minimum absolute atomic E-state index is 0.0789. The van der Waals surface area contributed by atoms with Gasteiger partial charge in [-0.2, -0.15) is 0 Å². The Morgan fingerprint density at radius 2 is 1.64 bits per heavy atom. The summed E-state index contributed by atoms with van der Waals surface area (Å²) in [7, 11) is 3.16. The van der Waals surface area contributed by atoms with Crippen LogP contribution in [0.2, 0.25) is 0 Å². The summed E-state index contributed by atoms with van der Waals surface area (Å²) < 4.78 is 16.0. The van der Waals surface area contributed by atoms with Gasteiger partial charge in [0.25, 0.3) is 0 Å². The second kappa shape index (κ2) is 10.3. The van der Waals surface area contributed by atoms with Crippen LogP contribution in [0.25, 0.3) is 0 Å². The summed E-state index contributed by atoms with van der Waals surface area (Å²) in [5.74, 6) is 1.79. The summed E-state index contributed by atoms with van der Waals surface area (Å²) in [5.41, 5.74) is 1.38. The van der Waals surface area contributed by atoms with E-state index < -0.39 is 0 Å². The summed E-state index contributed by atoms with van der Waals surface area (Å²) in [4.78, 5) is 24.6. The summed E-state index contributed by atoms with van der Waals surface area (Å²) in [5, 5.41) is 2.91. The molecule has 0 spiro atoms. The smallest absolute Gasteiger partial charge is 0.220 e. The van der Waals surface area contributed by atoms with Crippen molar-refractivity contribution in [1.82, 2.24) is 5.32 Å². The predicted molar refractivity (Wildman–Crippen MR) is 107 cm³/mol. The van der Waals surface area contributed by atoms with Crippen LogP contribution in [0.1, 0.15) is 48.7 Å². The van der Waals surface area contributed by atoms with Crippen molar-refractivity contribution in [1.29, 1.82) is 0 Å². The van der Waals surface area contributed by atoms with Crippen LogP contribution < -0.4 is 19.5 Å². The Morgan fingerprint density at radius 1 is 0.964 bits per heavy atom. The van der Waals surface area contributed by atoms with Gasteiger partial charge in [-0.25, -0.2) is 0 Å². The molecule has 6 nitrogen and oxygen atoms in total. The van der Waals surface area contributed by atoms with Gasteiger partial charge in [0.15, 0.2) is 5.78 Å². The first-order valence-electron chi connectivity index (χ1n) is 9.25. The van der Waals surface area contributed by atoms with Gasteiger partial charge in [-0.15, -0.1) is 0 Å². The molecule has 0 aliphatic rings. The lowest BCUT2D eigenvalue weighted by Crippen LogP contribution is -2.27. The molecule has 2 rings (SSSR count). The van der Waals surface area contributed by atoms with E-state index in [-0.39, 0.29) is 30.6 Å².